The summed E-state index contributed by atoms with van der Waals surface area (Å²) in [6.07, 6.45) is 7.71. The van der Waals surface area contributed by atoms with Gasteiger partial charge in [-0.25, -0.2) is 0 Å². The van der Waals surface area contributed by atoms with Crippen LogP contribution in [0, 0.1) is 51.8 Å². The fourth-order valence-corrected chi connectivity index (χ4v) is 7.60. The summed E-state index contributed by atoms with van der Waals surface area (Å²) in [6, 6.07) is 0. The Morgan fingerprint density at radius 3 is 2.35 bits per heavy atom. The Kier molecular flexibility index (Phi) is 2.50. The van der Waals surface area contributed by atoms with Crippen molar-refractivity contribution in [3.8, 4) is 0 Å². The molecule has 9 atom stereocenters. The van der Waals surface area contributed by atoms with Crippen LogP contribution in [0.4, 0.5) is 0 Å². The van der Waals surface area contributed by atoms with Gasteiger partial charge < -0.3 is 0 Å². The van der Waals surface area contributed by atoms with Gasteiger partial charge in [0.2, 0.25) is 0 Å². The van der Waals surface area contributed by atoms with Gasteiger partial charge in [-0.2, -0.15) is 0 Å². The van der Waals surface area contributed by atoms with Gasteiger partial charge in [-0.3, -0.25) is 0 Å². The monoisotopic (exact) mass is 274 g/mol. The summed E-state index contributed by atoms with van der Waals surface area (Å²) < 4.78 is 0. The molecular formula is C20H34. The molecule has 0 amide bonds. The maximum atomic E-state index is 2.63. The quantitative estimate of drug-likeness (QED) is 0.610. The van der Waals surface area contributed by atoms with Crippen LogP contribution in [-0.2, 0) is 0 Å². The van der Waals surface area contributed by atoms with Crippen LogP contribution >= 0.6 is 0 Å². The average Bonchev–Trinajstić information content (AvgIpc) is 3.27. The van der Waals surface area contributed by atoms with Crippen molar-refractivity contribution in [3.05, 3.63) is 0 Å². The highest BCUT2D eigenvalue weighted by Gasteiger charge is 2.91. The zero-order chi connectivity index (χ0) is 14.5. The first kappa shape index (κ1) is 13.6. The minimum atomic E-state index is 0.692. The Morgan fingerprint density at radius 2 is 1.75 bits per heavy atom. The number of rotatable bonds is 4. The molecule has 4 fully saturated rings. The SMILES string of the molecule is CC(CC1CC1C)CC12CC(C)C(C)C3(C)C(C)C13C2. The second kappa shape index (κ2) is 3.66. The van der Waals surface area contributed by atoms with Crippen molar-refractivity contribution in [2.75, 3.05) is 0 Å². The van der Waals surface area contributed by atoms with E-state index in [0.29, 0.717) is 5.41 Å². The van der Waals surface area contributed by atoms with E-state index in [1.54, 1.807) is 19.3 Å². The summed E-state index contributed by atoms with van der Waals surface area (Å²) in [5.74, 6) is 6.00. The van der Waals surface area contributed by atoms with E-state index in [0.717, 1.165) is 46.3 Å². The smallest absolute Gasteiger partial charge is 0.0145 e. The van der Waals surface area contributed by atoms with Crippen molar-refractivity contribution in [1.29, 1.82) is 0 Å². The van der Waals surface area contributed by atoms with Crippen molar-refractivity contribution >= 4 is 0 Å². The molecule has 0 aromatic heterocycles. The number of hydrogen-bond donors (Lipinski definition) is 0. The summed E-state index contributed by atoms with van der Waals surface area (Å²) in [5, 5.41) is 0. The van der Waals surface area contributed by atoms with E-state index in [4.69, 9.17) is 0 Å². The van der Waals surface area contributed by atoms with E-state index in [9.17, 15) is 0 Å². The molecule has 114 valence electrons. The van der Waals surface area contributed by atoms with Crippen LogP contribution in [0.3, 0.4) is 0 Å². The van der Waals surface area contributed by atoms with Crippen LogP contribution in [0.2, 0.25) is 0 Å². The van der Waals surface area contributed by atoms with Crippen LogP contribution < -0.4 is 0 Å². The van der Waals surface area contributed by atoms with Crippen molar-refractivity contribution < 1.29 is 0 Å². The molecule has 20 heavy (non-hydrogen) atoms. The number of hydrogen-bond acceptors (Lipinski definition) is 0. The molecule has 0 aromatic rings. The molecule has 0 aliphatic heterocycles. The summed E-state index contributed by atoms with van der Waals surface area (Å²) in [4.78, 5) is 0. The Hall–Kier alpha value is 0. The maximum Gasteiger partial charge on any atom is -0.0145 e. The van der Waals surface area contributed by atoms with E-state index in [-0.39, 0.29) is 0 Å². The van der Waals surface area contributed by atoms with Crippen molar-refractivity contribution in [2.45, 2.75) is 73.6 Å². The molecule has 0 heterocycles. The van der Waals surface area contributed by atoms with Crippen LogP contribution in [-0.4, -0.2) is 0 Å². The van der Waals surface area contributed by atoms with Gasteiger partial charge in [-0.05, 0) is 83.9 Å². The van der Waals surface area contributed by atoms with Gasteiger partial charge in [-0.15, -0.1) is 0 Å². The van der Waals surface area contributed by atoms with Crippen LogP contribution in [0.1, 0.15) is 73.6 Å². The average molecular weight is 274 g/mol. The fraction of sp³-hybridized carbons (Fsp3) is 1.00. The standard InChI is InChI=1S/C20H34/c1-12(7-17-8-13(17)2)9-19-10-14(3)15(4)18(6)16(5)20(18,19)11-19/h12-17H,7-11H2,1-6H3. The van der Waals surface area contributed by atoms with Gasteiger partial charge in [0, 0.05) is 0 Å². The van der Waals surface area contributed by atoms with Crippen LogP contribution in [0.15, 0.2) is 0 Å². The third-order valence-electron chi connectivity index (χ3n) is 9.19. The molecule has 4 rings (SSSR count). The molecule has 1 spiro atoms. The topological polar surface area (TPSA) is 0 Å². The predicted molar refractivity (Wildman–Crippen MR) is 85.4 cm³/mol. The molecule has 0 nitrogen and oxygen atoms in total. The van der Waals surface area contributed by atoms with Gasteiger partial charge in [0.25, 0.3) is 0 Å². The van der Waals surface area contributed by atoms with E-state index in [2.05, 4.69) is 41.5 Å². The lowest BCUT2D eigenvalue weighted by atomic mass is 9.67. The molecule has 4 saturated carbocycles. The Morgan fingerprint density at radius 1 is 1.10 bits per heavy atom. The van der Waals surface area contributed by atoms with E-state index in [1.807, 2.05) is 0 Å². The van der Waals surface area contributed by atoms with E-state index < -0.39 is 0 Å². The first-order valence-corrected chi connectivity index (χ1v) is 9.28. The Balaban J connectivity index is 1.49. The van der Waals surface area contributed by atoms with Gasteiger partial charge in [0.1, 0.15) is 0 Å². The lowest BCUT2D eigenvalue weighted by molar-refractivity contribution is 0.112. The normalized spacial score (nSPS) is 64.2. The molecule has 0 radical (unpaired) electrons. The lowest BCUT2D eigenvalue weighted by Crippen LogP contribution is -2.30. The Bertz CT molecular complexity index is 439. The largest absolute Gasteiger partial charge is 0.0625 e. The molecule has 4 aliphatic rings. The molecular weight excluding hydrogens is 240 g/mol. The van der Waals surface area contributed by atoms with Crippen molar-refractivity contribution in [3.63, 3.8) is 0 Å². The molecule has 0 bridgehead atoms. The summed E-state index contributed by atoms with van der Waals surface area (Å²) in [7, 11) is 0. The third-order valence-corrected chi connectivity index (χ3v) is 9.19. The van der Waals surface area contributed by atoms with Crippen molar-refractivity contribution in [1.82, 2.24) is 0 Å². The zero-order valence-corrected chi connectivity index (χ0v) is 14.5. The lowest BCUT2D eigenvalue weighted by Gasteiger charge is -2.37. The van der Waals surface area contributed by atoms with Crippen LogP contribution in [0.25, 0.3) is 0 Å². The van der Waals surface area contributed by atoms with Gasteiger partial charge in [0.05, 0.1) is 0 Å². The first-order valence-electron chi connectivity index (χ1n) is 9.28. The summed E-state index contributed by atoms with van der Waals surface area (Å²) in [6.45, 7) is 15.3. The molecule has 0 saturated heterocycles. The zero-order valence-electron chi connectivity index (χ0n) is 14.5. The van der Waals surface area contributed by atoms with E-state index in [1.165, 1.54) is 12.8 Å². The highest BCUT2D eigenvalue weighted by molar-refractivity contribution is 5.39. The second-order valence-electron chi connectivity index (χ2n) is 9.92. The molecule has 0 N–H and O–H groups in total. The summed E-state index contributed by atoms with van der Waals surface area (Å²) in [5.41, 5.74) is 2.25. The highest BCUT2D eigenvalue weighted by Crippen LogP contribution is 2.97. The van der Waals surface area contributed by atoms with Crippen molar-refractivity contribution in [2.24, 2.45) is 51.8 Å². The minimum absolute atomic E-state index is 0.692. The summed E-state index contributed by atoms with van der Waals surface area (Å²) >= 11 is 0. The minimum Gasteiger partial charge on any atom is -0.0625 e. The van der Waals surface area contributed by atoms with Crippen LogP contribution in [0.5, 0.6) is 0 Å². The fourth-order valence-electron chi connectivity index (χ4n) is 7.60. The highest BCUT2D eigenvalue weighted by atomic mass is 14.9. The Labute approximate surface area is 126 Å². The van der Waals surface area contributed by atoms with Gasteiger partial charge >= 0.3 is 0 Å². The predicted octanol–water partition coefficient (Wildman–Crippen LogP) is 5.77. The van der Waals surface area contributed by atoms with E-state index >= 15 is 0 Å². The van der Waals surface area contributed by atoms with Gasteiger partial charge in [0.15, 0.2) is 0 Å². The third kappa shape index (κ3) is 1.35. The molecule has 0 aromatic carbocycles. The molecule has 0 heteroatoms. The van der Waals surface area contributed by atoms with Gasteiger partial charge in [-0.1, -0.05) is 41.5 Å². The maximum absolute atomic E-state index is 2.63. The second-order valence-corrected chi connectivity index (χ2v) is 9.92. The molecule has 9 unspecified atom stereocenters. The molecule has 4 aliphatic carbocycles. The first-order chi connectivity index (χ1) is 9.28.